The molecule has 33 heavy (non-hydrogen) atoms. The van der Waals surface area contributed by atoms with Crippen LogP contribution in [0.15, 0.2) is 54.6 Å². The molecule has 3 aliphatic rings. The Morgan fingerprint density at radius 3 is 2.61 bits per heavy atom. The second-order valence-corrected chi connectivity index (χ2v) is 8.77. The van der Waals surface area contributed by atoms with Gasteiger partial charge in [-0.1, -0.05) is 44.0 Å². The zero-order valence-corrected chi connectivity index (χ0v) is 18.4. The van der Waals surface area contributed by atoms with E-state index in [1.165, 1.54) is 12.1 Å². The largest absolute Gasteiger partial charge is 0.491 e. The standard InChI is InChI=1S/C27H24FNO4/c1-2-3-4-11-29-21-10-6-9-19(17-7-5-8-18(28)12-17)25(21)27(26(29)30)15-31-22-14-24-23(13-20(22)27)32-16-33-24/h5-10,12-14H,2-4,11,15-16H2,1H3. The Morgan fingerprint density at radius 1 is 0.970 bits per heavy atom. The van der Waals surface area contributed by atoms with Crippen molar-refractivity contribution in [3.8, 4) is 28.4 Å². The predicted molar refractivity (Wildman–Crippen MR) is 123 cm³/mol. The van der Waals surface area contributed by atoms with E-state index >= 15 is 0 Å². The molecule has 3 heterocycles. The topological polar surface area (TPSA) is 48.0 Å². The molecule has 6 heteroatoms. The molecular weight excluding hydrogens is 421 g/mol. The number of hydrogen-bond acceptors (Lipinski definition) is 4. The quantitative estimate of drug-likeness (QED) is 0.491. The third-order valence-corrected chi connectivity index (χ3v) is 6.87. The molecule has 6 rings (SSSR count). The summed E-state index contributed by atoms with van der Waals surface area (Å²) in [5.41, 5.74) is 3.08. The first-order valence-electron chi connectivity index (χ1n) is 11.4. The van der Waals surface area contributed by atoms with E-state index in [-0.39, 0.29) is 25.1 Å². The fraction of sp³-hybridized carbons (Fsp3) is 0.296. The number of fused-ring (bicyclic) bond motifs is 5. The Morgan fingerprint density at radius 2 is 1.79 bits per heavy atom. The molecule has 0 saturated heterocycles. The summed E-state index contributed by atoms with van der Waals surface area (Å²) in [4.78, 5) is 16.1. The van der Waals surface area contributed by atoms with Crippen LogP contribution >= 0.6 is 0 Å². The van der Waals surface area contributed by atoms with Crippen molar-refractivity contribution in [2.75, 3.05) is 24.8 Å². The highest BCUT2D eigenvalue weighted by atomic mass is 19.1. The smallest absolute Gasteiger partial charge is 0.245 e. The van der Waals surface area contributed by atoms with Crippen molar-refractivity contribution < 1.29 is 23.4 Å². The van der Waals surface area contributed by atoms with Crippen LogP contribution in [0, 0.1) is 5.82 Å². The number of hydrogen-bond donors (Lipinski definition) is 0. The van der Waals surface area contributed by atoms with E-state index < -0.39 is 5.41 Å². The van der Waals surface area contributed by atoms with Gasteiger partial charge in [0.2, 0.25) is 12.7 Å². The maximum absolute atomic E-state index is 14.2. The molecule has 1 unspecified atom stereocenters. The highest BCUT2D eigenvalue weighted by molar-refractivity contribution is 6.13. The molecule has 0 bridgehead atoms. The van der Waals surface area contributed by atoms with Crippen LogP contribution in [0.4, 0.5) is 10.1 Å². The van der Waals surface area contributed by atoms with Gasteiger partial charge >= 0.3 is 0 Å². The highest BCUT2D eigenvalue weighted by Gasteiger charge is 2.58. The molecule has 3 aliphatic heterocycles. The summed E-state index contributed by atoms with van der Waals surface area (Å²) >= 11 is 0. The van der Waals surface area contributed by atoms with Crippen LogP contribution in [0.1, 0.15) is 37.3 Å². The Balaban J connectivity index is 1.59. The maximum atomic E-state index is 14.2. The number of carbonyl (C=O) groups is 1. The van der Waals surface area contributed by atoms with Gasteiger partial charge < -0.3 is 19.1 Å². The average Bonchev–Trinajstić information content (AvgIpc) is 3.50. The normalized spacial score (nSPS) is 19.7. The minimum atomic E-state index is -1.01. The minimum Gasteiger partial charge on any atom is -0.491 e. The van der Waals surface area contributed by atoms with Gasteiger partial charge in [-0.15, -0.1) is 0 Å². The fourth-order valence-electron chi connectivity index (χ4n) is 5.32. The van der Waals surface area contributed by atoms with Gasteiger partial charge in [0.1, 0.15) is 23.6 Å². The van der Waals surface area contributed by atoms with Crippen LogP contribution < -0.4 is 19.1 Å². The summed E-state index contributed by atoms with van der Waals surface area (Å²) in [6, 6.07) is 16.1. The second kappa shape index (κ2) is 7.51. The van der Waals surface area contributed by atoms with Crippen molar-refractivity contribution in [1.82, 2.24) is 0 Å². The lowest BCUT2D eigenvalue weighted by Crippen LogP contribution is -2.43. The lowest BCUT2D eigenvalue weighted by atomic mass is 9.74. The predicted octanol–water partition coefficient (Wildman–Crippen LogP) is 5.44. The summed E-state index contributed by atoms with van der Waals surface area (Å²) < 4.78 is 31.5. The molecule has 1 spiro atoms. The first kappa shape index (κ1) is 20.1. The number of unbranched alkanes of at least 4 members (excludes halogenated alkanes) is 2. The van der Waals surface area contributed by atoms with Crippen LogP contribution in [0.5, 0.6) is 17.2 Å². The number of nitrogens with zero attached hydrogens (tertiary/aromatic N) is 1. The Bertz CT molecular complexity index is 1270. The van der Waals surface area contributed by atoms with Crippen LogP contribution in [0.25, 0.3) is 11.1 Å². The molecule has 0 fully saturated rings. The first-order valence-corrected chi connectivity index (χ1v) is 11.4. The van der Waals surface area contributed by atoms with Crippen molar-refractivity contribution in [2.24, 2.45) is 0 Å². The second-order valence-electron chi connectivity index (χ2n) is 8.77. The Labute approximate surface area is 191 Å². The molecule has 3 aromatic carbocycles. The number of rotatable bonds is 5. The van der Waals surface area contributed by atoms with Crippen LogP contribution in [0.3, 0.4) is 0 Å². The van der Waals surface area contributed by atoms with Crippen molar-refractivity contribution in [3.63, 3.8) is 0 Å². The van der Waals surface area contributed by atoms with Gasteiger partial charge in [-0.2, -0.15) is 0 Å². The third kappa shape index (κ3) is 2.86. The molecular formula is C27H24FNO4. The summed E-state index contributed by atoms with van der Waals surface area (Å²) in [7, 11) is 0. The highest BCUT2D eigenvalue weighted by Crippen LogP contribution is 2.57. The molecule has 0 radical (unpaired) electrons. The van der Waals surface area contributed by atoms with Gasteiger partial charge in [0.15, 0.2) is 11.5 Å². The van der Waals surface area contributed by atoms with E-state index in [9.17, 15) is 9.18 Å². The summed E-state index contributed by atoms with van der Waals surface area (Å²) in [5, 5.41) is 0. The van der Waals surface area contributed by atoms with Gasteiger partial charge in [-0.05, 0) is 41.8 Å². The number of amides is 1. The van der Waals surface area contributed by atoms with Gasteiger partial charge in [0.05, 0.1) is 0 Å². The van der Waals surface area contributed by atoms with Gasteiger partial charge in [-0.25, -0.2) is 4.39 Å². The third-order valence-electron chi connectivity index (χ3n) is 6.87. The number of carbonyl (C=O) groups excluding carboxylic acids is 1. The van der Waals surface area contributed by atoms with E-state index in [4.69, 9.17) is 14.2 Å². The average molecular weight is 445 g/mol. The number of benzene rings is 3. The molecule has 0 aromatic heterocycles. The lowest BCUT2D eigenvalue weighted by molar-refractivity contribution is -0.122. The maximum Gasteiger partial charge on any atom is 0.245 e. The Kier molecular flexibility index (Phi) is 4.57. The molecule has 5 nitrogen and oxygen atoms in total. The van der Waals surface area contributed by atoms with Gasteiger partial charge in [-0.3, -0.25) is 4.79 Å². The van der Waals surface area contributed by atoms with Gasteiger partial charge in [0, 0.05) is 29.4 Å². The Hall–Kier alpha value is -3.54. The summed E-state index contributed by atoms with van der Waals surface area (Å²) in [6.45, 7) is 3.11. The van der Waals surface area contributed by atoms with E-state index in [0.717, 1.165) is 47.2 Å². The minimum absolute atomic E-state index is 0.00456. The molecule has 168 valence electrons. The van der Waals surface area contributed by atoms with Crippen LogP contribution in [-0.2, 0) is 10.2 Å². The molecule has 1 atom stereocenters. The van der Waals surface area contributed by atoms with Crippen molar-refractivity contribution >= 4 is 11.6 Å². The van der Waals surface area contributed by atoms with Crippen LogP contribution in [0.2, 0.25) is 0 Å². The zero-order valence-electron chi connectivity index (χ0n) is 18.4. The monoisotopic (exact) mass is 445 g/mol. The molecule has 0 aliphatic carbocycles. The number of anilines is 1. The molecule has 1 amide bonds. The van der Waals surface area contributed by atoms with E-state index in [1.54, 1.807) is 6.07 Å². The number of halogens is 1. The van der Waals surface area contributed by atoms with Crippen molar-refractivity contribution in [2.45, 2.75) is 31.6 Å². The molecule has 0 saturated carbocycles. The molecule has 3 aromatic rings. The lowest BCUT2D eigenvalue weighted by Gasteiger charge is -2.24. The summed E-state index contributed by atoms with van der Waals surface area (Å²) in [5.74, 6) is 1.54. The van der Waals surface area contributed by atoms with E-state index in [1.807, 2.05) is 41.3 Å². The van der Waals surface area contributed by atoms with Crippen molar-refractivity contribution in [3.05, 3.63) is 71.5 Å². The van der Waals surface area contributed by atoms with E-state index in [2.05, 4.69) is 6.92 Å². The van der Waals surface area contributed by atoms with Crippen molar-refractivity contribution in [1.29, 1.82) is 0 Å². The first-order chi connectivity index (χ1) is 16.1. The SMILES string of the molecule is CCCCCN1C(=O)C2(COc3cc4c(cc32)OCO4)c2c(-c3cccc(F)c3)cccc21. The fourth-order valence-corrected chi connectivity index (χ4v) is 5.32. The summed E-state index contributed by atoms with van der Waals surface area (Å²) in [6.07, 6.45) is 3.02. The zero-order chi connectivity index (χ0) is 22.6. The van der Waals surface area contributed by atoms with Gasteiger partial charge in [0.25, 0.3) is 0 Å². The number of ether oxygens (including phenoxy) is 3. The molecule has 0 N–H and O–H groups in total. The van der Waals surface area contributed by atoms with E-state index in [0.29, 0.717) is 23.8 Å². The van der Waals surface area contributed by atoms with Crippen LogP contribution in [-0.4, -0.2) is 25.9 Å².